The smallest absolute Gasteiger partial charge is 0.347 e. The van der Waals surface area contributed by atoms with Crippen molar-refractivity contribution in [3.8, 4) is 0 Å². The molecule has 1 aromatic heterocycles. The maximum Gasteiger partial charge on any atom is 0.347 e. The van der Waals surface area contributed by atoms with Gasteiger partial charge in [-0.25, -0.2) is 9.78 Å². The highest BCUT2D eigenvalue weighted by Crippen LogP contribution is 2.18. The predicted molar refractivity (Wildman–Crippen MR) is 67.6 cm³/mol. The molecule has 1 aromatic carbocycles. The lowest BCUT2D eigenvalue weighted by Crippen LogP contribution is -2.22. The molecule has 92 valence electrons. The van der Waals surface area contributed by atoms with Gasteiger partial charge in [0.1, 0.15) is 0 Å². The third-order valence-electron chi connectivity index (χ3n) is 2.46. The first-order valence-electron chi connectivity index (χ1n) is 5.17. The van der Waals surface area contributed by atoms with Gasteiger partial charge in [-0.2, -0.15) is 0 Å². The van der Waals surface area contributed by atoms with E-state index in [1.54, 1.807) is 24.4 Å². The van der Waals surface area contributed by atoms with Gasteiger partial charge < -0.3 is 5.73 Å². The van der Waals surface area contributed by atoms with Crippen molar-refractivity contribution >= 4 is 17.5 Å². The second kappa shape index (κ2) is 5.01. The van der Waals surface area contributed by atoms with E-state index in [0.717, 1.165) is 5.56 Å². The van der Waals surface area contributed by atoms with Crippen LogP contribution in [0.5, 0.6) is 0 Å². The molecular formula is C12H10ClN3O2. The summed E-state index contributed by atoms with van der Waals surface area (Å²) < 4.78 is 1.42. The Morgan fingerprint density at radius 3 is 2.83 bits per heavy atom. The number of amides is 1. The minimum atomic E-state index is -0.540. The third kappa shape index (κ3) is 2.57. The van der Waals surface area contributed by atoms with Crippen molar-refractivity contribution < 1.29 is 4.79 Å². The number of nitrogens with zero attached hydrogens (tertiary/aromatic N) is 2. The average molecular weight is 264 g/mol. The number of hydrogen-bond acceptors (Lipinski definition) is 3. The Bertz CT molecular complexity index is 652. The summed E-state index contributed by atoms with van der Waals surface area (Å²) in [5, 5.41) is 0.391. The number of benzene rings is 1. The summed E-state index contributed by atoms with van der Waals surface area (Å²) in [7, 11) is 0. The van der Waals surface area contributed by atoms with Gasteiger partial charge in [-0.1, -0.05) is 17.7 Å². The zero-order valence-electron chi connectivity index (χ0n) is 9.34. The number of halogens is 1. The van der Waals surface area contributed by atoms with Crippen LogP contribution in [0.2, 0.25) is 5.02 Å². The fraction of sp³-hybridized carbons (Fsp3) is 0.0833. The molecule has 2 N–H and O–H groups in total. The molecule has 0 aliphatic carbocycles. The van der Waals surface area contributed by atoms with Crippen LogP contribution in [0.15, 0.2) is 41.5 Å². The van der Waals surface area contributed by atoms with Gasteiger partial charge in [0, 0.05) is 23.0 Å². The van der Waals surface area contributed by atoms with Crippen molar-refractivity contribution in [3.05, 3.63) is 63.3 Å². The lowest BCUT2D eigenvalue weighted by atomic mass is 10.1. The monoisotopic (exact) mass is 263 g/mol. The van der Waals surface area contributed by atoms with Gasteiger partial charge in [-0.3, -0.25) is 9.36 Å². The van der Waals surface area contributed by atoms with E-state index in [1.165, 1.54) is 16.8 Å². The van der Waals surface area contributed by atoms with Gasteiger partial charge in [0.2, 0.25) is 5.91 Å². The number of aromatic nitrogens is 2. The Balaban J connectivity index is 2.33. The lowest BCUT2D eigenvalue weighted by molar-refractivity contribution is 0.100. The van der Waals surface area contributed by atoms with Crippen LogP contribution in [0.25, 0.3) is 0 Å². The largest absolute Gasteiger partial charge is 0.366 e. The molecule has 0 saturated carbocycles. The maximum atomic E-state index is 11.4. The van der Waals surface area contributed by atoms with Crippen LogP contribution in [0, 0.1) is 0 Å². The van der Waals surface area contributed by atoms with Crippen LogP contribution >= 0.6 is 11.6 Å². The van der Waals surface area contributed by atoms with Crippen molar-refractivity contribution in [2.24, 2.45) is 5.73 Å². The van der Waals surface area contributed by atoms with Crippen LogP contribution in [0.4, 0.5) is 0 Å². The number of primary amides is 1. The Morgan fingerprint density at radius 1 is 1.44 bits per heavy atom. The molecule has 0 bridgehead atoms. The minimum Gasteiger partial charge on any atom is -0.366 e. The molecule has 0 aliphatic heterocycles. The summed E-state index contributed by atoms with van der Waals surface area (Å²) in [6, 6.07) is 6.39. The van der Waals surface area contributed by atoms with Crippen molar-refractivity contribution in [3.63, 3.8) is 0 Å². The normalized spacial score (nSPS) is 10.3. The van der Waals surface area contributed by atoms with E-state index in [-0.39, 0.29) is 5.69 Å². The van der Waals surface area contributed by atoms with Gasteiger partial charge >= 0.3 is 5.69 Å². The van der Waals surface area contributed by atoms with E-state index in [0.29, 0.717) is 17.1 Å². The van der Waals surface area contributed by atoms with Crippen molar-refractivity contribution in [2.75, 3.05) is 0 Å². The SMILES string of the molecule is NC(=O)c1ccc(Cn2cccnc2=O)c(Cl)c1. The van der Waals surface area contributed by atoms with E-state index < -0.39 is 5.91 Å². The zero-order valence-corrected chi connectivity index (χ0v) is 10.1. The van der Waals surface area contributed by atoms with Crippen molar-refractivity contribution in [1.29, 1.82) is 0 Å². The molecule has 5 nitrogen and oxygen atoms in total. The number of rotatable bonds is 3. The van der Waals surface area contributed by atoms with Crippen LogP contribution < -0.4 is 11.4 Å². The van der Waals surface area contributed by atoms with Gasteiger partial charge in [-0.15, -0.1) is 0 Å². The molecule has 0 fully saturated rings. The van der Waals surface area contributed by atoms with Crippen LogP contribution in [0.3, 0.4) is 0 Å². The van der Waals surface area contributed by atoms with Crippen LogP contribution in [-0.2, 0) is 6.54 Å². The Labute approximate surface area is 108 Å². The standard InChI is InChI=1S/C12H10ClN3O2/c13-10-6-8(11(14)17)2-3-9(10)7-16-5-1-4-15-12(16)18/h1-6H,7H2,(H2,14,17). The Kier molecular flexibility index (Phi) is 3.43. The van der Waals surface area contributed by atoms with E-state index >= 15 is 0 Å². The highest BCUT2D eigenvalue weighted by Gasteiger charge is 2.06. The van der Waals surface area contributed by atoms with Gasteiger partial charge in [0.15, 0.2) is 0 Å². The van der Waals surface area contributed by atoms with E-state index in [2.05, 4.69) is 4.98 Å². The molecular weight excluding hydrogens is 254 g/mol. The minimum absolute atomic E-state index is 0.296. The molecule has 0 aliphatic rings. The van der Waals surface area contributed by atoms with Gasteiger partial charge in [0.05, 0.1) is 6.54 Å². The summed E-state index contributed by atoms with van der Waals surface area (Å²) >= 11 is 6.03. The lowest BCUT2D eigenvalue weighted by Gasteiger charge is -2.07. The van der Waals surface area contributed by atoms with Crippen molar-refractivity contribution in [1.82, 2.24) is 9.55 Å². The fourth-order valence-corrected chi connectivity index (χ4v) is 1.76. The molecule has 0 saturated heterocycles. The molecule has 2 aromatic rings. The maximum absolute atomic E-state index is 11.4. The molecule has 0 unspecified atom stereocenters. The Morgan fingerprint density at radius 2 is 2.22 bits per heavy atom. The number of carbonyl (C=O) groups excluding carboxylic acids is 1. The summed E-state index contributed by atoms with van der Waals surface area (Å²) in [6.07, 6.45) is 3.05. The summed E-state index contributed by atoms with van der Waals surface area (Å²) in [6.45, 7) is 0.296. The molecule has 6 heteroatoms. The molecule has 1 amide bonds. The number of carbonyl (C=O) groups is 1. The zero-order chi connectivity index (χ0) is 13.1. The van der Waals surface area contributed by atoms with Gasteiger partial charge in [0.25, 0.3) is 0 Å². The van der Waals surface area contributed by atoms with Gasteiger partial charge in [-0.05, 0) is 23.8 Å². The third-order valence-corrected chi connectivity index (χ3v) is 2.81. The first-order chi connectivity index (χ1) is 8.58. The first-order valence-corrected chi connectivity index (χ1v) is 5.55. The molecule has 0 spiro atoms. The summed E-state index contributed by atoms with van der Waals surface area (Å²) in [4.78, 5) is 26.1. The second-order valence-corrected chi connectivity index (χ2v) is 4.11. The molecule has 0 radical (unpaired) electrons. The second-order valence-electron chi connectivity index (χ2n) is 3.70. The predicted octanol–water partition coefficient (Wildman–Crippen LogP) is 1.04. The average Bonchev–Trinajstić information content (AvgIpc) is 2.34. The highest BCUT2D eigenvalue weighted by molar-refractivity contribution is 6.31. The highest BCUT2D eigenvalue weighted by atomic mass is 35.5. The quantitative estimate of drug-likeness (QED) is 0.899. The molecule has 18 heavy (non-hydrogen) atoms. The molecule has 0 atom stereocenters. The number of hydrogen-bond donors (Lipinski definition) is 1. The van der Waals surface area contributed by atoms with E-state index in [1.807, 2.05) is 0 Å². The van der Waals surface area contributed by atoms with Crippen molar-refractivity contribution in [2.45, 2.75) is 6.54 Å². The van der Waals surface area contributed by atoms with E-state index in [9.17, 15) is 9.59 Å². The molecule has 1 heterocycles. The fourth-order valence-electron chi connectivity index (χ4n) is 1.52. The Hall–Kier alpha value is -2.14. The topological polar surface area (TPSA) is 78.0 Å². The first kappa shape index (κ1) is 12.3. The van der Waals surface area contributed by atoms with Crippen LogP contribution in [-0.4, -0.2) is 15.5 Å². The van der Waals surface area contributed by atoms with Crippen LogP contribution in [0.1, 0.15) is 15.9 Å². The molecule has 2 rings (SSSR count). The summed E-state index contributed by atoms with van der Waals surface area (Å²) in [5.74, 6) is -0.540. The summed E-state index contributed by atoms with van der Waals surface area (Å²) in [5.41, 5.74) is 5.85. The van der Waals surface area contributed by atoms with E-state index in [4.69, 9.17) is 17.3 Å². The number of nitrogens with two attached hydrogens (primary N) is 1.